The summed E-state index contributed by atoms with van der Waals surface area (Å²) in [6.07, 6.45) is 24.2. The third kappa shape index (κ3) is 25.0. The van der Waals surface area contributed by atoms with Crippen molar-refractivity contribution in [3.63, 3.8) is 0 Å². The number of hydrogen-bond acceptors (Lipinski definition) is 5. The van der Waals surface area contributed by atoms with E-state index in [1.54, 1.807) is 0 Å². The smallest absolute Gasteiger partial charge is 0.308 e. The van der Waals surface area contributed by atoms with Gasteiger partial charge in [0, 0.05) is 6.42 Å². The lowest BCUT2D eigenvalue weighted by molar-refractivity contribution is -0.161. The van der Waals surface area contributed by atoms with Crippen LogP contribution in [0.5, 0.6) is 0 Å². The third-order valence-electron chi connectivity index (χ3n) is 7.22. The third-order valence-corrected chi connectivity index (χ3v) is 7.22. The standard InChI is InChI=1S/C32H63NO4/c1-6-8-10-12-13-14-15-16-17-18-20-21-24-29(3)32(35)36-28-30(25-22-19-11-9-7-2)37-31(34)26-23-27-33(4)5/h29-30H,6-28H2,1-5H3. The number of carbonyl (C=O) groups is 2. The molecular formula is C32H63NO4. The Balaban J connectivity index is 4.09. The SMILES string of the molecule is CCCCCCCCCCCCCCC(C)C(=O)OCC(CCCCCCC)OC(=O)CCCN(C)C. The van der Waals surface area contributed by atoms with Crippen molar-refractivity contribution >= 4 is 11.9 Å². The Labute approximate surface area is 230 Å². The quantitative estimate of drug-likeness (QED) is 0.0791. The molecule has 0 rings (SSSR count). The van der Waals surface area contributed by atoms with Crippen molar-refractivity contribution in [2.24, 2.45) is 5.92 Å². The minimum absolute atomic E-state index is 0.0934. The van der Waals surface area contributed by atoms with E-state index in [4.69, 9.17) is 9.47 Å². The van der Waals surface area contributed by atoms with Crippen LogP contribution in [-0.2, 0) is 19.1 Å². The number of rotatable bonds is 27. The maximum atomic E-state index is 12.6. The molecule has 0 aromatic carbocycles. The molecule has 2 unspecified atom stereocenters. The maximum absolute atomic E-state index is 12.6. The summed E-state index contributed by atoms with van der Waals surface area (Å²) in [6, 6.07) is 0. The first-order chi connectivity index (χ1) is 17.9. The number of nitrogens with zero attached hydrogens (tertiary/aromatic N) is 1. The molecule has 2 atom stereocenters. The Morgan fingerprint density at radius 2 is 1.11 bits per heavy atom. The summed E-state index contributed by atoms with van der Waals surface area (Å²) < 4.78 is 11.3. The molecule has 0 aliphatic heterocycles. The van der Waals surface area contributed by atoms with E-state index in [-0.39, 0.29) is 30.6 Å². The first kappa shape index (κ1) is 35.9. The molecule has 0 aromatic rings. The molecule has 0 fully saturated rings. The Kier molecular flexibility index (Phi) is 25.7. The van der Waals surface area contributed by atoms with Gasteiger partial charge in [-0.2, -0.15) is 0 Å². The van der Waals surface area contributed by atoms with Crippen LogP contribution in [0.1, 0.15) is 156 Å². The number of hydrogen-bond donors (Lipinski definition) is 0. The van der Waals surface area contributed by atoms with Crippen molar-refractivity contribution in [1.82, 2.24) is 4.90 Å². The maximum Gasteiger partial charge on any atom is 0.308 e. The summed E-state index contributed by atoms with van der Waals surface area (Å²) in [6.45, 7) is 7.49. The lowest BCUT2D eigenvalue weighted by Crippen LogP contribution is -2.27. The summed E-state index contributed by atoms with van der Waals surface area (Å²) >= 11 is 0. The molecule has 0 amide bonds. The molecule has 0 bridgehead atoms. The van der Waals surface area contributed by atoms with Crippen molar-refractivity contribution < 1.29 is 19.1 Å². The van der Waals surface area contributed by atoms with Gasteiger partial charge in [0.2, 0.25) is 0 Å². The normalized spacial score (nSPS) is 13.0. The van der Waals surface area contributed by atoms with Crippen molar-refractivity contribution in [3.8, 4) is 0 Å². The summed E-state index contributed by atoms with van der Waals surface area (Å²) in [5, 5.41) is 0. The summed E-state index contributed by atoms with van der Waals surface area (Å²) in [5.74, 6) is -0.423. The van der Waals surface area contributed by atoms with E-state index in [0.717, 1.165) is 45.1 Å². The van der Waals surface area contributed by atoms with E-state index in [1.165, 1.54) is 89.9 Å². The number of ether oxygens (including phenoxy) is 2. The second-order valence-corrected chi connectivity index (χ2v) is 11.4. The molecule has 0 aliphatic carbocycles. The fourth-order valence-electron chi connectivity index (χ4n) is 4.66. The number of esters is 2. The Hall–Kier alpha value is -1.10. The Morgan fingerprint density at radius 1 is 0.649 bits per heavy atom. The van der Waals surface area contributed by atoms with E-state index >= 15 is 0 Å². The molecule has 0 spiro atoms. The molecule has 0 aliphatic rings. The highest BCUT2D eigenvalue weighted by Gasteiger charge is 2.20. The highest BCUT2D eigenvalue weighted by Crippen LogP contribution is 2.17. The van der Waals surface area contributed by atoms with E-state index in [0.29, 0.717) is 6.42 Å². The average Bonchev–Trinajstić information content (AvgIpc) is 2.87. The molecule has 0 aromatic heterocycles. The molecule has 220 valence electrons. The minimum Gasteiger partial charge on any atom is -0.462 e. The van der Waals surface area contributed by atoms with Gasteiger partial charge >= 0.3 is 11.9 Å². The lowest BCUT2D eigenvalue weighted by Gasteiger charge is -2.20. The predicted molar refractivity (Wildman–Crippen MR) is 157 cm³/mol. The molecule has 0 N–H and O–H groups in total. The van der Waals surface area contributed by atoms with Crippen LogP contribution < -0.4 is 0 Å². The highest BCUT2D eigenvalue weighted by atomic mass is 16.6. The molecular weight excluding hydrogens is 462 g/mol. The van der Waals surface area contributed by atoms with Crippen LogP contribution in [0.15, 0.2) is 0 Å². The predicted octanol–water partition coefficient (Wildman–Crippen LogP) is 8.87. The molecule has 5 heteroatoms. The second-order valence-electron chi connectivity index (χ2n) is 11.4. The minimum atomic E-state index is -0.323. The summed E-state index contributed by atoms with van der Waals surface area (Å²) in [7, 11) is 4.00. The van der Waals surface area contributed by atoms with Gasteiger partial charge < -0.3 is 14.4 Å². The first-order valence-electron chi connectivity index (χ1n) is 15.9. The van der Waals surface area contributed by atoms with Gasteiger partial charge in [-0.25, -0.2) is 0 Å². The van der Waals surface area contributed by atoms with Crippen LogP contribution in [0.2, 0.25) is 0 Å². The molecule has 0 saturated heterocycles. The van der Waals surface area contributed by atoms with Crippen LogP contribution in [0.3, 0.4) is 0 Å². The molecule has 0 saturated carbocycles. The van der Waals surface area contributed by atoms with Crippen LogP contribution in [0, 0.1) is 5.92 Å². The molecule has 0 radical (unpaired) electrons. The van der Waals surface area contributed by atoms with E-state index in [1.807, 2.05) is 21.0 Å². The zero-order valence-electron chi connectivity index (χ0n) is 25.5. The monoisotopic (exact) mass is 525 g/mol. The van der Waals surface area contributed by atoms with Gasteiger partial charge in [-0.15, -0.1) is 0 Å². The second kappa shape index (κ2) is 26.5. The van der Waals surface area contributed by atoms with Crippen LogP contribution in [-0.4, -0.2) is 50.2 Å². The van der Waals surface area contributed by atoms with Crippen LogP contribution in [0.4, 0.5) is 0 Å². The van der Waals surface area contributed by atoms with Gasteiger partial charge in [0.05, 0.1) is 5.92 Å². The van der Waals surface area contributed by atoms with Gasteiger partial charge in [0.25, 0.3) is 0 Å². The topological polar surface area (TPSA) is 55.8 Å². The van der Waals surface area contributed by atoms with Crippen LogP contribution >= 0.6 is 0 Å². The van der Waals surface area contributed by atoms with Crippen molar-refractivity contribution in [1.29, 1.82) is 0 Å². The lowest BCUT2D eigenvalue weighted by atomic mass is 10.0. The van der Waals surface area contributed by atoms with Gasteiger partial charge in [0.15, 0.2) is 0 Å². The fraction of sp³-hybridized carbons (Fsp3) is 0.938. The molecule has 37 heavy (non-hydrogen) atoms. The number of unbranched alkanes of at least 4 members (excludes halogenated alkanes) is 15. The summed E-state index contributed by atoms with van der Waals surface area (Å²) in [5.41, 5.74) is 0. The van der Waals surface area contributed by atoms with Crippen molar-refractivity contribution in [2.45, 2.75) is 162 Å². The largest absolute Gasteiger partial charge is 0.462 e. The zero-order valence-corrected chi connectivity index (χ0v) is 25.5. The van der Waals surface area contributed by atoms with E-state index < -0.39 is 0 Å². The Bertz CT molecular complexity index is 523. The van der Waals surface area contributed by atoms with Gasteiger partial charge in [0.1, 0.15) is 12.7 Å². The number of carbonyl (C=O) groups excluding carboxylic acids is 2. The van der Waals surface area contributed by atoms with Gasteiger partial charge in [-0.3, -0.25) is 9.59 Å². The summed E-state index contributed by atoms with van der Waals surface area (Å²) in [4.78, 5) is 26.9. The Morgan fingerprint density at radius 3 is 1.59 bits per heavy atom. The van der Waals surface area contributed by atoms with Crippen molar-refractivity contribution in [3.05, 3.63) is 0 Å². The fourth-order valence-corrected chi connectivity index (χ4v) is 4.66. The average molecular weight is 526 g/mol. The van der Waals surface area contributed by atoms with E-state index in [2.05, 4.69) is 18.7 Å². The first-order valence-corrected chi connectivity index (χ1v) is 15.9. The van der Waals surface area contributed by atoms with Crippen LogP contribution in [0.25, 0.3) is 0 Å². The van der Waals surface area contributed by atoms with Gasteiger partial charge in [-0.1, -0.05) is 124 Å². The highest BCUT2D eigenvalue weighted by molar-refractivity contribution is 5.72. The van der Waals surface area contributed by atoms with Gasteiger partial charge in [-0.05, 0) is 46.3 Å². The van der Waals surface area contributed by atoms with Crippen molar-refractivity contribution in [2.75, 3.05) is 27.2 Å². The zero-order chi connectivity index (χ0) is 27.6. The molecule has 0 heterocycles. The van der Waals surface area contributed by atoms with E-state index in [9.17, 15) is 9.59 Å². The molecule has 5 nitrogen and oxygen atoms in total.